The smallest absolute Gasteiger partial charge is 0.0118 e. The fourth-order valence-corrected chi connectivity index (χ4v) is 0.664. The Balaban J connectivity index is 1.97. The molecule has 0 spiro atoms. The summed E-state index contributed by atoms with van der Waals surface area (Å²) in [6.07, 6.45) is 2.54. The normalized spacial score (nSPS) is 21.0. The van der Waals surface area contributed by atoms with Gasteiger partial charge in [-0.05, 0) is 32.4 Å². The van der Waals surface area contributed by atoms with Crippen molar-refractivity contribution >= 4 is 0 Å². The van der Waals surface area contributed by atoms with E-state index in [1.807, 2.05) is 0 Å². The fourth-order valence-electron chi connectivity index (χ4n) is 0.664. The van der Waals surface area contributed by atoms with E-state index in [4.69, 9.17) is 0 Å². The molecule has 42 valence electrons. The first-order valence-corrected chi connectivity index (χ1v) is 2.67. The summed E-state index contributed by atoms with van der Waals surface area (Å²) in [7, 11) is 1.58. The van der Waals surface area contributed by atoms with Gasteiger partial charge < -0.3 is 10.3 Å². The first kappa shape index (κ1) is 5.06. The van der Waals surface area contributed by atoms with E-state index >= 15 is 0 Å². The van der Waals surface area contributed by atoms with Crippen molar-refractivity contribution in [3.63, 3.8) is 0 Å². The van der Waals surface area contributed by atoms with Crippen molar-refractivity contribution in [3.05, 3.63) is 5.21 Å². The van der Waals surface area contributed by atoms with Gasteiger partial charge in [0, 0.05) is 0 Å². The van der Waals surface area contributed by atoms with Gasteiger partial charge in [0.25, 0.3) is 0 Å². The molecule has 0 atom stereocenters. The molecular formula is C5H10NO-. The Hall–Kier alpha value is -0.0800. The van der Waals surface area contributed by atoms with E-state index in [0.29, 0.717) is 0 Å². The highest BCUT2D eigenvalue weighted by Crippen LogP contribution is 2.28. The Morgan fingerprint density at radius 1 is 1.71 bits per heavy atom. The van der Waals surface area contributed by atoms with E-state index in [1.54, 1.807) is 7.05 Å². The molecule has 1 aliphatic rings. The van der Waals surface area contributed by atoms with Crippen LogP contribution in [0, 0.1) is 11.1 Å². The van der Waals surface area contributed by atoms with Gasteiger partial charge in [0.1, 0.15) is 0 Å². The average Bonchev–Trinajstić information content (AvgIpc) is 2.17. The molecule has 1 aliphatic carbocycles. The molecule has 1 rings (SSSR count). The van der Waals surface area contributed by atoms with Crippen molar-refractivity contribution < 1.29 is 0 Å². The molecular weight excluding hydrogens is 90.1 g/mol. The van der Waals surface area contributed by atoms with Gasteiger partial charge in [-0.15, -0.1) is 0 Å². The zero-order valence-corrected chi connectivity index (χ0v) is 4.55. The molecule has 0 heterocycles. The largest absolute Gasteiger partial charge is 0.785 e. The Labute approximate surface area is 43.7 Å². The Morgan fingerprint density at radius 2 is 2.29 bits per heavy atom. The molecule has 2 heteroatoms. The van der Waals surface area contributed by atoms with Crippen molar-refractivity contribution in [2.75, 3.05) is 13.6 Å². The summed E-state index contributed by atoms with van der Waals surface area (Å²) in [6, 6.07) is 0. The molecule has 0 aromatic heterocycles. The third-order valence-corrected chi connectivity index (χ3v) is 1.21. The second-order valence-electron chi connectivity index (χ2n) is 2.25. The standard InChI is InChI=1S/C5H10NO/c1-6(7)4-5-2-3-5/h5H,2-4H2,1H3/q-1. The molecule has 0 N–H and O–H groups in total. The lowest BCUT2D eigenvalue weighted by Crippen LogP contribution is -2.11. The number of hydroxylamine groups is 2. The van der Waals surface area contributed by atoms with E-state index in [2.05, 4.69) is 0 Å². The second-order valence-corrected chi connectivity index (χ2v) is 2.25. The predicted molar refractivity (Wildman–Crippen MR) is 28.7 cm³/mol. The molecule has 2 nitrogen and oxygen atoms in total. The third kappa shape index (κ3) is 1.90. The van der Waals surface area contributed by atoms with Crippen LogP contribution >= 0.6 is 0 Å². The summed E-state index contributed by atoms with van der Waals surface area (Å²) in [5.74, 6) is 0.738. The van der Waals surface area contributed by atoms with Crippen LogP contribution in [-0.4, -0.2) is 18.7 Å². The van der Waals surface area contributed by atoms with Gasteiger partial charge >= 0.3 is 0 Å². The zero-order chi connectivity index (χ0) is 5.28. The van der Waals surface area contributed by atoms with Gasteiger partial charge in [-0.25, -0.2) is 0 Å². The lowest BCUT2D eigenvalue weighted by atomic mass is 10.4. The summed E-state index contributed by atoms with van der Waals surface area (Å²) >= 11 is 0. The molecule has 0 aromatic rings. The summed E-state index contributed by atoms with van der Waals surface area (Å²) in [6.45, 7) is 0.750. The summed E-state index contributed by atoms with van der Waals surface area (Å²) in [5.41, 5.74) is 0. The highest BCUT2D eigenvalue weighted by atomic mass is 16.5. The van der Waals surface area contributed by atoms with Crippen LogP contribution in [-0.2, 0) is 0 Å². The number of hydrogen-bond acceptors (Lipinski definition) is 2. The minimum Gasteiger partial charge on any atom is -0.785 e. The van der Waals surface area contributed by atoms with E-state index in [9.17, 15) is 5.21 Å². The van der Waals surface area contributed by atoms with Crippen LogP contribution in [0.3, 0.4) is 0 Å². The van der Waals surface area contributed by atoms with Crippen molar-refractivity contribution in [2.45, 2.75) is 12.8 Å². The molecule has 7 heavy (non-hydrogen) atoms. The maximum absolute atomic E-state index is 10.2. The van der Waals surface area contributed by atoms with Gasteiger partial charge in [-0.3, -0.25) is 0 Å². The number of rotatable bonds is 2. The van der Waals surface area contributed by atoms with Crippen molar-refractivity contribution in [1.82, 2.24) is 5.06 Å². The molecule has 1 fully saturated rings. The Morgan fingerprint density at radius 3 is 2.43 bits per heavy atom. The first-order chi connectivity index (χ1) is 3.29. The van der Waals surface area contributed by atoms with Crippen LogP contribution in [0.4, 0.5) is 0 Å². The van der Waals surface area contributed by atoms with Crippen molar-refractivity contribution in [3.8, 4) is 0 Å². The number of hydrogen-bond donors (Lipinski definition) is 0. The van der Waals surface area contributed by atoms with Crippen LogP contribution in [0.25, 0.3) is 0 Å². The second kappa shape index (κ2) is 1.80. The van der Waals surface area contributed by atoms with Gasteiger partial charge in [-0.1, -0.05) is 0 Å². The van der Waals surface area contributed by atoms with Crippen LogP contribution in [0.2, 0.25) is 0 Å². The van der Waals surface area contributed by atoms with Crippen molar-refractivity contribution in [1.29, 1.82) is 0 Å². The van der Waals surface area contributed by atoms with Gasteiger partial charge in [0.15, 0.2) is 0 Å². The summed E-state index contributed by atoms with van der Waals surface area (Å²) in [4.78, 5) is 0. The molecule has 1 saturated carbocycles. The zero-order valence-electron chi connectivity index (χ0n) is 4.55. The van der Waals surface area contributed by atoms with E-state index in [-0.39, 0.29) is 0 Å². The molecule has 0 bridgehead atoms. The van der Waals surface area contributed by atoms with Crippen LogP contribution in [0.1, 0.15) is 12.8 Å². The molecule has 0 saturated heterocycles. The van der Waals surface area contributed by atoms with Crippen LogP contribution in [0.15, 0.2) is 0 Å². The topological polar surface area (TPSA) is 26.3 Å². The molecule has 0 aromatic carbocycles. The first-order valence-electron chi connectivity index (χ1n) is 2.67. The van der Waals surface area contributed by atoms with E-state index < -0.39 is 0 Å². The Bertz CT molecular complexity index is 59.1. The maximum Gasteiger partial charge on any atom is -0.0118 e. The highest BCUT2D eigenvalue weighted by molar-refractivity contribution is 4.75. The monoisotopic (exact) mass is 100 g/mol. The minimum absolute atomic E-state index is 0.738. The Kier molecular flexibility index (Phi) is 1.30. The third-order valence-electron chi connectivity index (χ3n) is 1.21. The van der Waals surface area contributed by atoms with Crippen LogP contribution < -0.4 is 0 Å². The van der Waals surface area contributed by atoms with E-state index in [0.717, 1.165) is 17.5 Å². The lowest BCUT2D eigenvalue weighted by molar-refractivity contribution is 0.434. The summed E-state index contributed by atoms with van der Waals surface area (Å²) < 4.78 is 0. The highest BCUT2D eigenvalue weighted by Gasteiger charge is 2.19. The van der Waals surface area contributed by atoms with Crippen LogP contribution in [0.5, 0.6) is 0 Å². The lowest BCUT2D eigenvalue weighted by Gasteiger charge is -2.20. The van der Waals surface area contributed by atoms with Gasteiger partial charge in [-0.2, -0.15) is 0 Å². The molecule has 0 radical (unpaired) electrons. The van der Waals surface area contributed by atoms with E-state index in [1.165, 1.54) is 12.8 Å². The predicted octanol–water partition coefficient (Wildman–Crippen LogP) is 0.826. The van der Waals surface area contributed by atoms with Crippen molar-refractivity contribution in [2.24, 2.45) is 5.92 Å². The SMILES string of the molecule is CN([O-])CC1CC1. The molecule has 0 aliphatic heterocycles. The maximum atomic E-state index is 10.2. The van der Waals surface area contributed by atoms with Gasteiger partial charge in [0.05, 0.1) is 0 Å². The summed E-state index contributed by atoms with van der Waals surface area (Å²) in [5, 5.41) is 11.2. The number of nitrogens with zero attached hydrogens (tertiary/aromatic N) is 1. The fraction of sp³-hybridized carbons (Fsp3) is 1.00. The van der Waals surface area contributed by atoms with Gasteiger partial charge in [0.2, 0.25) is 0 Å². The average molecular weight is 100 g/mol. The molecule has 0 amide bonds. The molecule has 0 unspecified atom stereocenters. The quantitative estimate of drug-likeness (QED) is 0.480. The minimum atomic E-state index is 0.738.